The minimum Gasteiger partial charge on any atom is -0.365 e. The van der Waals surface area contributed by atoms with Crippen molar-refractivity contribution in [3.63, 3.8) is 0 Å². The second-order valence-electron chi connectivity index (χ2n) is 4.85. The molecular weight excluding hydrogens is 206 g/mol. The van der Waals surface area contributed by atoms with E-state index in [-0.39, 0.29) is 5.60 Å². The van der Waals surface area contributed by atoms with E-state index in [1.54, 1.807) is 0 Å². The number of rotatable bonds is 4. The molecule has 1 saturated heterocycles. The van der Waals surface area contributed by atoms with Crippen LogP contribution in [0.15, 0.2) is 4.52 Å². The maximum atomic E-state index is 5.66. The summed E-state index contributed by atoms with van der Waals surface area (Å²) in [4.78, 5) is 4.40. The SMILES string of the molecule is CC1(c2nc(CNC3CC3)no2)CCCO1. The Labute approximate surface area is 94.6 Å². The van der Waals surface area contributed by atoms with Crippen LogP contribution >= 0.6 is 0 Å². The molecule has 0 amide bonds. The van der Waals surface area contributed by atoms with Crippen molar-refractivity contribution in [3.8, 4) is 0 Å². The van der Waals surface area contributed by atoms with Crippen molar-refractivity contribution in [2.75, 3.05) is 6.61 Å². The van der Waals surface area contributed by atoms with Crippen molar-refractivity contribution in [2.24, 2.45) is 0 Å². The first kappa shape index (κ1) is 10.2. The minimum atomic E-state index is -0.356. The predicted octanol–water partition coefficient (Wildman–Crippen LogP) is 1.35. The van der Waals surface area contributed by atoms with Gasteiger partial charge in [-0.1, -0.05) is 5.16 Å². The van der Waals surface area contributed by atoms with E-state index in [1.807, 2.05) is 6.92 Å². The second-order valence-corrected chi connectivity index (χ2v) is 4.85. The highest BCUT2D eigenvalue weighted by Gasteiger charge is 2.37. The van der Waals surface area contributed by atoms with Crippen LogP contribution in [-0.2, 0) is 16.9 Å². The molecule has 5 nitrogen and oxygen atoms in total. The molecule has 1 unspecified atom stereocenters. The average molecular weight is 223 g/mol. The van der Waals surface area contributed by atoms with E-state index < -0.39 is 0 Å². The molecule has 2 aliphatic rings. The number of hydrogen-bond acceptors (Lipinski definition) is 5. The number of hydrogen-bond donors (Lipinski definition) is 1. The topological polar surface area (TPSA) is 60.2 Å². The molecule has 88 valence electrons. The molecule has 1 N–H and O–H groups in total. The van der Waals surface area contributed by atoms with Gasteiger partial charge in [0.25, 0.3) is 5.89 Å². The quantitative estimate of drug-likeness (QED) is 0.834. The zero-order valence-electron chi connectivity index (χ0n) is 9.53. The van der Waals surface area contributed by atoms with Gasteiger partial charge in [-0.05, 0) is 32.6 Å². The number of ether oxygens (including phenoxy) is 1. The van der Waals surface area contributed by atoms with E-state index in [9.17, 15) is 0 Å². The van der Waals surface area contributed by atoms with Crippen molar-refractivity contribution in [2.45, 2.75) is 50.8 Å². The van der Waals surface area contributed by atoms with Crippen molar-refractivity contribution in [1.29, 1.82) is 0 Å². The van der Waals surface area contributed by atoms with Gasteiger partial charge in [0.2, 0.25) is 0 Å². The van der Waals surface area contributed by atoms with Crippen LogP contribution in [0.2, 0.25) is 0 Å². The zero-order chi connectivity index (χ0) is 11.0. The highest BCUT2D eigenvalue weighted by Crippen LogP contribution is 2.34. The van der Waals surface area contributed by atoms with Crippen LogP contribution in [0.5, 0.6) is 0 Å². The van der Waals surface area contributed by atoms with Crippen molar-refractivity contribution in [1.82, 2.24) is 15.5 Å². The summed E-state index contributed by atoms with van der Waals surface area (Å²) >= 11 is 0. The Morgan fingerprint density at radius 3 is 3.06 bits per heavy atom. The van der Waals surface area contributed by atoms with Gasteiger partial charge in [0, 0.05) is 12.6 Å². The molecule has 0 spiro atoms. The number of nitrogens with zero attached hydrogens (tertiary/aromatic N) is 2. The van der Waals surface area contributed by atoms with Gasteiger partial charge in [0.15, 0.2) is 5.82 Å². The van der Waals surface area contributed by atoms with Crippen molar-refractivity contribution >= 4 is 0 Å². The maximum Gasteiger partial charge on any atom is 0.258 e. The van der Waals surface area contributed by atoms with Gasteiger partial charge in [-0.25, -0.2) is 0 Å². The first-order valence-corrected chi connectivity index (χ1v) is 5.97. The lowest BCUT2D eigenvalue weighted by molar-refractivity contribution is -0.00937. The molecule has 2 fully saturated rings. The summed E-state index contributed by atoms with van der Waals surface area (Å²) in [6.45, 7) is 3.50. The fourth-order valence-electron chi connectivity index (χ4n) is 2.01. The monoisotopic (exact) mass is 223 g/mol. The molecule has 2 heterocycles. The summed E-state index contributed by atoms with van der Waals surface area (Å²) in [7, 11) is 0. The van der Waals surface area contributed by atoms with Gasteiger partial charge < -0.3 is 14.6 Å². The van der Waals surface area contributed by atoms with E-state index in [0.717, 1.165) is 25.3 Å². The third-order valence-corrected chi connectivity index (χ3v) is 3.27. The molecule has 1 aliphatic heterocycles. The Morgan fingerprint density at radius 2 is 2.38 bits per heavy atom. The van der Waals surface area contributed by atoms with Crippen LogP contribution < -0.4 is 5.32 Å². The molecule has 1 saturated carbocycles. The van der Waals surface area contributed by atoms with Gasteiger partial charge in [-0.3, -0.25) is 0 Å². The molecule has 3 rings (SSSR count). The molecule has 16 heavy (non-hydrogen) atoms. The lowest BCUT2D eigenvalue weighted by Gasteiger charge is -2.16. The molecule has 1 aliphatic carbocycles. The molecule has 5 heteroatoms. The normalized spacial score (nSPS) is 29.8. The largest absolute Gasteiger partial charge is 0.365 e. The minimum absolute atomic E-state index is 0.356. The third kappa shape index (κ3) is 1.97. The van der Waals surface area contributed by atoms with Gasteiger partial charge in [-0.15, -0.1) is 0 Å². The Hall–Kier alpha value is -0.940. The third-order valence-electron chi connectivity index (χ3n) is 3.27. The van der Waals surface area contributed by atoms with Crippen molar-refractivity contribution < 1.29 is 9.26 Å². The van der Waals surface area contributed by atoms with Crippen LogP contribution in [0.1, 0.15) is 44.3 Å². The fraction of sp³-hybridized carbons (Fsp3) is 0.818. The fourth-order valence-corrected chi connectivity index (χ4v) is 2.01. The van der Waals surface area contributed by atoms with E-state index in [1.165, 1.54) is 12.8 Å². The van der Waals surface area contributed by atoms with E-state index in [2.05, 4.69) is 15.5 Å². The second kappa shape index (κ2) is 3.82. The Bertz CT molecular complexity index is 367. The Morgan fingerprint density at radius 1 is 1.50 bits per heavy atom. The van der Waals surface area contributed by atoms with Gasteiger partial charge in [-0.2, -0.15) is 4.98 Å². The maximum absolute atomic E-state index is 5.66. The molecular formula is C11H17N3O2. The predicted molar refractivity (Wildman–Crippen MR) is 56.7 cm³/mol. The molecule has 0 aromatic carbocycles. The van der Waals surface area contributed by atoms with Crippen LogP contribution in [-0.4, -0.2) is 22.8 Å². The zero-order valence-corrected chi connectivity index (χ0v) is 9.53. The highest BCUT2D eigenvalue weighted by atomic mass is 16.5. The average Bonchev–Trinajstić information content (AvgIpc) is 2.79. The van der Waals surface area contributed by atoms with Crippen LogP contribution in [0.25, 0.3) is 0 Å². The summed E-state index contributed by atoms with van der Waals surface area (Å²) in [5.41, 5.74) is -0.356. The standard InChI is InChI=1S/C11H17N3O2/c1-11(5-2-6-15-11)10-13-9(14-16-10)7-12-8-3-4-8/h8,12H,2-7H2,1H3. The molecule has 1 aromatic rings. The van der Waals surface area contributed by atoms with Gasteiger partial charge >= 0.3 is 0 Å². The summed E-state index contributed by atoms with van der Waals surface area (Å²) in [5, 5.41) is 7.34. The van der Waals surface area contributed by atoms with Crippen LogP contribution in [0.3, 0.4) is 0 Å². The Kier molecular flexibility index (Phi) is 2.44. The smallest absolute Gasteiger partial charge is 0.258 e. The Balaban J connectivity index is 1.66. The van der Waals surface area contributed by atoms with Crippen LogP contribution in [0.4, 0.5) is 0 Å². The van der Waals surface area contributed by atoms with Crippen LogP contribution in [0, 0.1) is 0 Å². The van der Waals surface area contributed by atoms with E-state index in [4.69, 9.17) is 9.26 Å². The lowest BCUT2D eigenvalue weighted by atomic mass is 10.0. The summed E-state index contributed by atoms with van der Waals surface area (Å²) in [6, 6.07) is 0.667. The first-order chi connectivity index (χ1) is 7.76. The van der Waals surface area contributed by atoms with Gasteiger partial charge in [0.05, 0.1) is 6.54 Å². The lowest BCUT2D eigenvalue weighted by Crippen LogP contribution is -2.21. The number of nitrogens with one attached hydrogen (secondary N) is 1. The molecule has 1 aromatic heterocycles. The van der Waals surface area contributed by atoms with Gasteiger partial charge in [0.1, 0.15) is 5.60 Å². The highest BCUT2D eigenvalue weighted by molar-refractivity contribution is 5.00. The van der Waals surface area contributed by atoms with Crippen molar-refractivity contribution in [3.05, 3.63) is 11.7 Å². The molecule has 0 bridgehead atoms. The molecule has 0 radical (unpaired) electrons. The summed E-state index contributed by atoms with van der Waals surface area (Å²) in [6.07, 6.45) is 4.57. The van der Waals surface area contributed by atoms with E-state index >= 15 is 0 Å². The summed E-state index contributed by atoms with van der Waals surface area (Å²) < 4.78 is 10.9. The number of aromatic nitrogens is 2. The first-order valence-electron chi connectivity index (χ1n) is 5.97. The van der Waals surface area contributed by atoms with E-state index in [0.29, 0.717) is 18.5 Å². The summed E-state index contributed by atoms with van der Waals surface area (Å²) in [5.74, 6) is 1.36. The molecule has 1 atom stereocenters.